The zero-order chi connectivity index (χ0) is 20.0. The Labute approximate surface area is 158 Å². The number of hydrogen-bond acceptors (Lipinski definition) is 9. The number of aromatic nitrogens is 2. The predicted molar refractivity (Wildman–Crippen MR) is 97.0 cm³/mol. The van der Waals surface area contributed by atoms with Gasteiger partial charge in [-0.05, 0) is 17.7 Å². The van der Waals surface area contributed by atoms with Crippen LogP contribution in [0.4, 0.5) is 21.8 Å². The van der Waals surface area contributed by atoms with E-state index in [1.54, 1.807) is 17.0 Å². The number of halogens is 1. The van der Waals surface area contributed by atoms with Crippen LogP contribution in [0.15, 0.2) is 29.1 Å². The van der Waals surface area contributed by atoms with Gasteiger partial charge in [-0.3, -0.25) is 9.78 Å². The number of fused-ring (bicyclic) bond motifs is 1. The van der Waals surface area contributed by atoms with Crippen molar-refractivity contribution in [3.63, 3.8) is 0 Å². The lowest BCUT2D eigenvalue weighted by Gasteiger charge is -2.28. The number of nitrogen functional groups attached to an aromatic ring is 1. The Kier molecular flexibility index (Phi) is 4.67. The van der Waals surface area contributed by atoms with Crippen LogP contribution in [0.2, 0.25) is 0 Å². The van der Waals surface area contributed by atoms with Gasteiger partial charge in [0.15, 0.2) is 12.0 Å². The van der Waals surface area contributed by atoms with Crippen molar-refractivity contribution in [2.75, 3.05) is 28.8 Å². The number of aromatic amines is 1. The van der Waals surface area contributed by atoms with Crippen molar-refractivity contribution in [2.45, 2.75) is 31.1 Å². The maximum atomic E-state index is 13.2. The largest absolute Gasteiger partial charge is 0.394 e. The van der Waals surface area contributed by atoms with E-state index >= 15 is 0 Å². The van der Waals surface area contributed by atoms with Crippen molar-refractivity contribution in [3.8, 4) is 0 Å². The zero-order valence-corrected chi connectivity index (χ0v) is 14.7. The van der Waals surface area contributed by atoms with Crippen LogP contribution in [0.1, 0.15) is 5.56 Å². The third-order valence-corrected chi connectivity index (χ3v) is 4.92. The van der Waals surface area contributed by atoms with Gasteiger partial charge in [-0.25, -0.2) is 4.39 Å². The molecule has 1 saturated heterocycles. The highest BCUT2D eigenvalue weighted by atomic mass is 19.1. The molecule has 0 saturated carbocycles. The molecule has 0 unspecified atom stereocenters. The normalized spacial score (nSPS) is 26.7. The van der Waals surface area contributed by atoms with E-state index in [-0.39, 0.29) is 36.5 Å². The molecular weight excluding hydrogens is 373 g/mol. The number of benzene rings is 1. The summed E-state index contributed by atoms with van der Waals surface area (Å²) in [5.74, 6) is -0.284. The van der Waals surface area contributed by atoms with Crippen LogP contribution in [0.25, 0.3) is 0 Å². The summed E-state index contributed by atoms with van der Waals surface area (Å²) in [5.41, 5.74) is 6.18. The van der Waals surface area contributed by atoms with E-state index in [1.807, 2.05) is 0 Å². The van der Waals surface area contributed by atoms with Crippen LogP contribution in [0, 0.1) is 5.82 Å². The number of nitrogens with one attached hydrogen (secondary N) is 1. The second kappa shape index (κ2) is 7.02. The average Bonchev–Trinajstić information content (AvgIpc) is 3.15. The Bertz CT molecular complexity index is 923. The van der Waals surface area contributed by atoms with Gasteiger partial charge in [0.05, 0.1) is 13.3 Å². The summed E-state index contributed by atoms with van der Waals surface area (Å²) in [4.78, 5) is 22.3. The Balaban J connectivity index is 1.69. The molecule has 2 aliphatic rings. The van der Waals surface area contributed by atoms with Gasteiger partial charge in [0.25, 0.3) is 5.56 Å². The number of nitrogens with two attached hydrogens (primary N) is 1. The third-order valence-electron chi connectivity index (χ3n) is 4.92. The molecule has 28 heavy (non-hydrogen) atoms. The van der Waals surface area contributed by atoms with Crippen LogP contribution >= 0.6 is 0 Å². The minimum absolute atomic E-state index is 0.107. The van der Waals surface area contributed by atoms with Gasteiger partial charge in [-0.15, -0.1) is 0 Å². The molecule has 0 aliphatic carbocycles. The van der Waals surface area contributed by atoms with Crippen molar-refractivity contribution in [1.29, 1.82) is 0 Å². The summed E-state index contributed by atoms with van der Waals surface area (Å²) >= 11 is 0. The summed E-state index contributed by atoms with van der Waals surface area (Å²) in [6.45, 7) is -0.0915. The summed E-state index contributed by atoms with van der Waals surface area (Å²) in [6.07, 6.45) is -4.60. The molecule has 0 bridgehead atoms. The molecule has 1 aromatic carbocycles. The lowest BCUT2D eigenvalue weighted by molar-refractivity contribution is -0.0222. The number of anilines is 3. The highest BCUT2D eigenvalue weighted by Gasteiger charge is 2.48. The van der Waals surface area contributed by atoms with Gasteiger partial charge >= 0.3 is 0 Å². The average molecular weight is 393 g/mol. The lowest BCUT2D eigenvalue weighted by Crippen LogP contribution is -2.46. The van der Waals surface area contributed by atoms with E-state index in [1.165, 1.54) is 17.0 Å². The lowest BCUT2D eigenvalue weighted by atomic mass is 10.1. The number of hydrogen-bond donors (Lipinski definition) is 5. The SMILES string of the molecule is Nc1nc2c(c(=O)[nH]1)N(Cc1ccc(F)cc1)CN2[C@@H]1O[C@H](CO)[C@@H](O)[C@H]1O. The molecule has 0 amide bonds. The van der Waals surface area contributed by atoms with Gasteiger partial charge in [0, 0.05) is 6.54 Å². The molecule has 1 aromatic heterocycles. The maximum absolute atomic E-state index is 13.2. The minimum atomic E-state index is -1.32. The fourth-order valence-electron chi connectivity index (χ4n) is 3.56. The molecule has 11 heteroatoms. The predicted octanol–water partition coefficient (Wildman–Crippen LogP) is -1.29. The number of H-pyrrole nitrogens is 1. The Hall–Kier alpha value is -2.73. The molecule has 4 atom stereocenters. The summed E-state index contributed by atoms with van der Waals surface area (Å²) in [5, 5.41) is 29.7. The first-order chi connectivity index (χ1) is 13.4. The maximum Gasteiger partial charge on any atom is 0.278 e. The quantitative estimate of drug-likeness (QED) is 0.428. The highest BCUT2D eigenvalue weighted by Crippen LogP contribution is 2.37. The van der Waals surface area contributed by atoms with Crippen LogP contribution in [-0.4, -0.2) is 63.1 Å². The van der Waals surface area contributed by atoms with Crippen LogP contribution in [-0.2, 0) is 11.3 Å². The first-order valence-corrected chi connectivity index (χ1v) is 8.67. The number of rotatable bonds is 4. The molecule has 0 spiro atoms. The van der Waals surface area contributed by atoms with Crippen LogP contribution in [0.3, 0.4) is 0 Å². The Morgan fingerprint density at radius 1 is 1.29 bits per heavy atom. The molecule has 2 aliphatic heterocycles. The summed E-state index contributed by atoms with van der Waals surface area (Å²) < 4.78 is 18.8. The van der Waals surface area contributed by atoms with Crippen molar-refractivity contribution in [2.24, 2.45) is 0 Å². The van der Waals surface area contributed by atoms with Crippen LogP contribution in [0.5, 0.6) is 0 Å². The molecular formula is C17H20FN5O5. The van der Waals surface area contributed by atoms with E-state index in [2.05, 4.69) is 9.97 Å². The molecule has 3 heterocycles. The molecule has 6 N–H and O–H groups in total. The second-order valence-corrected chi connectivity index (χ2v) is 6.79. The number of aliphatic hydroxyl groups is 3. The second-order valence-electron chi connectivity index (χ2n) is 6.79. The topological polar surface area (TPSA) is 148 Å². The van der Waals surface area contributed by atoms with Gasteiger partial charge in [-0.1, -0.05) is 12.1 Å². The fraction of sp³-hybridized carbons (Fsp3) is 0.412. The molecule has 1 fully saturated rings. The van der Waals surface area contributed by atoms with Crippen molar-refractivity contribution in [3.05, 3.63) is 46.0 Å². The summed E-state index contributed by atoms with van der Waals surface area (Å²) in [6, 6.07) is 5.84. The van der Waals surface area contributed by atoms with E-state index in [0.717, 1.165) is 5.56 Å². The highest BCUT2D eigenvalue weighted by molar-refractivity contribution is 5.73. The van der Waals surface area contributed by atoms with E-state index in [9.17, 15) is 24.5 Å². The molecule has 4 rings (SSSR count). The smallest absolute Gasteiger partial charge is 0.278 e. The monoisotopic (exact) mass is 393 g/mol. The van der Waals surface area contributed by atoms with Crippen LogP contribution < -0.4 is 21.1 Å². The minimum Gasteiger partial charge on any atom is -0.394 e. The van der Waals surface area contributed by atoms with Gasteiger partial charge < -0.3 is 35.6 Å². The first-order valence-electron chi connectivity index (χ1n) is 8.67. The van der Waals surface area contributed by atoms with Crippen molar-refractivity contribution >= 4 is 17.5 Å². The van der Waals surface area contributed by atoms with E-state index < -0.39 is 36.7 Å². The van der Waals surface area contributed by atoms with Gasteiger partial charge in [0.2, 0.25) is 5.95 Å². The van der Waals surface area contributed by atoms with Gasteiger partial charge in [0.1, 0.15) is 29.8 Å². The van der Waals surface area contributed by atoms with E-state index in [0.29, 0.717) is 0 Å². The van der Waals surface area contributed by atoms with Crippen molar-refractivity contribution < 1.29 is 24.4 Å². The number of nitrogens with zero attached hydrogens (tertiary/aromatic N) is 3. The zero-order valence-electron chi connectivity index (χ0n) is 14.7. The molecule has 10 nitrogen and oxygen atoms in total. The Morgan fingerprint density at radius 3 is 2.64 bits per heavy atom. The summed E-state index contributed by atoms with van der Waals surface area (Å²) in [7, 11) is 0. The van der Waals surface area contributed by atoms with Crippen molar-refractivity contribution in [1.82, 2.24) is 9.97 Å². The van der Waals surface area contributed by atoms with E-state index in [4.69, 9.17) is 10.5 Å². The third kappa shape index (κ3) is 3.07. The van der Waals surface area contributed by atoms with Gasteiger partial charge in [-0.2, -0.15) is 4.98 Å². The first kappa shape index (κ1) is 18.6. The fourth-order valence-corrected chi connectivity index (χ4v) is 3.56. The molecule has 0 radical (unpaired) electrons. The number of ether oxygens (including phenoxy) is 1. The number of aliphatic hydroxyl groups excluding tert-OH is 3. The standard InChI is InChI=1S/C17H20FN5O5/c18-9-3-1-8(2-4-9)5-22-7-23(14-11(22)15(27)21-17(19)20-14)16-13(26)12(25)10(6-24)28-16/h1-4,10,12-13,16,24-26H,5-7H2,(H3,19,20,21,27)/t10-,12-,13-,16-/m1/s1. The molecule has 2 aromatic rings. The molecule has 150 valence electrons. The Morgan fingerprint density at radius 2 is 2.00 bits per heavy atom.